The van der Waals surface area contributed by atoms with Crippen LogP contribution in [0.1, 0.15) is 10.4 Å². The number of benzene rings is 1. The van der Waals surface area contributed by atoms with Gasteiger partial charge in [-0.05, 0) is 24.3 Å². The second kappa shape index (κ2) is 3.98. The third kappa shape index (κ3) is 2.05. The van der Waals surface area contributed by atoms with Crippen LogP contribution in [0.25, 0.3) is 0 Å². The molecule has 1 saturated heterocycles. The Kier molecular flexibility index (Phi) is 2.70. The van der Waals surface area contributed by atoms with E-state index in [1.807, 2.05) is 0 Å². The van der Waals surface area contributed by atoms with Crippen LogP contribution in [0.5, 0.6) is 0 Å². The lowest BCUT2D eigenvalue weighted by atomic mass is 10.1. The Balaban J connectivity index is 1.99. The fraction of sp³-hybridized carbons (Fsp3) is 0.300. The van der Waals surface area contributed by atoms with Gasteiger partial charge in [-0.3, -0.25) is 4.79 Å². The van der Waals surface area contributed by atoms with Crippen LogP contribution >= 0.6 is 11.6 Å². The molecule has 1 aromatic carbocycles. The number of carbonyl (C=O) groups is 1. The van der Waals surface area contributed by atoms with Gasteiger partial charge in [-0.15, -0.1) is 0 Å². The van der Waals surface area contributed by atoms with E-state index < -0.39 is 0 Å². The van der Waals surface area contributed by atoms with Crippen LogP contribution in [0.2, 0.25) is 5.02 Å². The fourth-order valence-electron chi connectivity index (χ4n) is 1.26. The summed E-state index contributed by atoms with van der Waals surface area (Å²) in [5.41, 5.74) is 0.654. The Morgan fingerprint density at radius 1 is 1.36 bits per heavy atom. The highest BCUT2D eigenvalue weighted by molar-refractivity contribution is 6.30. The van der Waals surface area contributed by atoms with Crippen LogP contribution in [0.3, 0.4) is 0 Å². The molecule has 0 aromatic heterocycles. The molecular formula is C10H11ClN2O. The van der Waals surface area contributed by atoms with Gasteiger partial charge in [-0.1, -0.05) is 11.6 Å². The zero-order chi connectivity index (χ0) is 9.97. The first-order valence-electron chi connectivity index (χ1n) is 4.53. The quantitative estimate of drug-likeness (QED) is 0.766. The highest BCUT2D eigenvalue weighted by Gasteiger charge is 2.19. The molecule has 0 unspecified atom stereocenters. The van der Waals surface area contributed by atoms with Gasteiger partial charge in [0.15, 0.2) is 0 Å². The van der Waals surface area contributed by atoms with Crippen molar-refractivity contribution in [3.8, 4) is 0 Å². The summed E-state index contributed by atoms with van der Waals surface area (Å²) in [5.74, 6) is -0.0341. The monoisotopic (exact) mass is 210 g/mol. The summed E-state index contributed by atoms with van der Waals surface area (Å²) in [5, 5.41) is 6.64. The number of hydrogen-bond donors (Lipinski definition) is 2. The van der Waals surface area contributed by atoms with Gasteiger partial charge in [0.25, 0.3) is 5.91 Å². The van der Waals surface area contributed by atoms with E-state index in [0.29, 0.717) is 10.6 Å². The summed E-state index contributed by atoms with van der Waals surface area (Å²) in [4.78, 5) is 11.6. The number of nitrogens with one attached hydrogen (secondary N) is 2. The van der Waals surface area contributed by atoms with Crippen LogP contribution in [-0.4, -0.2) is 25.0 Å². The van der Waals surface area contributed by atoms with Crippen molar-refractivity contribution in [3.05, 3.63) is 34.9 Å². The molecule has 1 aliphatic heterocycles. The van der Waals surface area contributed by atoms with Gasteiger partial charge in [-0.2, -0.15) is 0 Å². The molecule has 74 valence electrons. The third-order valence-electron chi connectivity index (χ3n) is 2.22. The number of halogens is 1. The maximum Gasteiger partial charge on any atom is 0.251 e. The van der Waals surface area contributed by atoms with E-state index in [4.69, 9.17) is 11.6 Å². The molecule has 0 saturated carbocycles. The van der Waals surface area contributed by atoms with Gasteiger partial charge in [0.05, 0.1) is 6.04 Å². The molecule has 2 N–H and O–H groups in total. The smallest absolute Gasteiger partial charge is 0.251 e. The summed E-state index contributed by atoms with van der Waals surface area (Å²) in [6, 6.07) is 7.16. The Bertz CT molecular complexity index is 332. The molecule has 1 heterocycles. The molecular weight excluding hydrogens is 200 g/mol. The number of rotatable bonds is 2. The highest BCUT2D eigenvalue weighted by atomic mass is 35.5. The average molecular weight is 211 g/mol. The minimum Gasteiger partial charge on any atom is -0.347 e. The van der Waals surface area contributed by atoms with Crippen molar-refractivity contribution in [1.29, 1.82) is 0 Å². The minimum absolute atomic E-state index is 0.0341. The average Bonchev–Trinajstić information content (AvgIpc) is 2.12. The number of amides is 1. The van der Waals surface area contributed by atoms with Crippen molar-refractivity contribution in [2.75, 3.05) is 13.1 Å². The van der Waals surface area contributed by atoms with Crippen LogP contribution < -0.4 is 10.6 Å². The van der Waals surface area contributed by atoms with Gasteiger partial charge in [0.1, 0.15) is 0 Å². The fourth-order valence-corrected chi connectivity index (χ4v) is 1.39. The van der Waals surface area contributed by atoms with E-state index in [1.54, 1.807) is 24.3 Å². The van der Waals surface area contributed by atoms with Gasteiger partial charge >= 0.3 is 0 Å². The standard InChI is InChI=1S/C10H11ClN2O/c11-8-3-1-7(2-4-8)10(14)13-9-5-12-6-9/h1-4,9,12H,5-6H2,(H,13,14). The van der Waals surface area contributed by atoms with Crippen LogP contribution in [0, 0.1) is 0 Å². The lowest BCUT2D eigenvalue weighted by Gasteiger charge is -2.27. The summed E-state index contributed by atoms with van der Waals surface area (Å²) >= 11 is 5.72. The highest BCUT2D eigenvalue weighted by Crippen LogP contribution is 2.09. The predicted molar refractivity (Wildman–Crippen MR) is 55.6 cm³/mol. The Hall–Kier alpha value is -1.06. The van der Waals surface area contributed by atoms with Gasteiger partial charge in [0, 0.05) is 23.7 Å². The molecule has 14 heavy (non-hydrogen) atoms. The summed E-state index contributed by atoms with van der Waals surface area (Å²) < 4.78 is 0. The van der Waals surface area contributed by atoms with Crippen LogP contribution in [-0.2, 0) is 0 Å². The van der Waals surface area contributed by atoms with Crippen molar-refractivity contribution in [1.82, 2.24) is 10.6 Å². The normalized spacial score (nSPS) is 16.1. The van der Waals surface area contributed by atoms with Crippen LogP contribution in [0.4, 0.5) is 0 Å². The SMILES string of the molecule is O=C(NC1CNC1)c1ccc(Cl)cc1. The molecule has 0 spiro atoms. The third-order valence-corrected chi connectivity index (χ3v) is 2.48. The topological polar surface area (TPSA) is 41.1 Å². The molecule has 4 heteroatoms. The molecule has 0 aliphatic carbocycles. The predicted octanol–water partition coefficient (Wildman–Crippen LogP) is 1.04. The first kappa shape index (κ1) is 9.49. The largest absolute Gasteiger partial charge is 0.347 e. The zero-order valence-electron chi connectivity index (χ0n) is 7.59. The molecule has 0 bridgehead atoms. The molecule has 0 radical (unpaired) electrons. The van der Waals surface area contributed by atoms with Gasteiger partial charge < -0.3 is 10.6 Å². The Morgan fingerprint density at radius 2 is 2.00 bits per heavy atom. The second-order valence-electron chi connectivity index (χ2n) is 3.34. The first-order valence-corrected chi connectivity index (χ1v) is 4.90. The summed E-state index contributed by atoms with van der Waals surface area (Å²) in [7, 11) is 0. The molecule has 0 atom stereocenters. The first-order chi connectivity index (χ1) is 6.75. The molecule has 1 aromatic rings. The van der Waals surface area contributed by atoms with Crippen molar-refractivity contribution in [2.24, 2.45) is 0 Å². The van der Waals surface area contributed by atoms with E-state index in [2.05, 4.69) is 10.6 Å². The van der Waals surface area contributed by atoms with E-state index >= 15 is 0 Å². The minimum atomic E-state index is -0.0341. The van der Waals surface area contributed by atoms with Crippen molar-refractivity contribution in [3.63, 3.8) is 0 Å². The maximum absolute atomic E-state index is 11.6. The summed E-state index contributed by atoms with van der Waals surface area (Å²) in [6.07, 6.45) is 0. The van der Waals surface area contributed by atoms with E-state index in [-0.39, 0.29) is 11.9 Å². The van der Waals surface area contributed by atoms with Crippen LogP contribution in [0.15, 0.2) is 24.3 Å². The summed E-state index contributed by atoms with van der Waals surface area (Å²) in [6.45, 7) is 1.72. The van der Waals surface area contributed by atoms with E-state index in [0.717, 1.165) is 13.1 Å². The Labute approximate surface area is 87.4 Å². The van der Waals surface area contributed by atoms with Gasteiger partial charge in [0.2, 0.25) is 0 Å². The molecule has 1 amide bonds. The number of hydrogen-bond acceptors (Lipinski definition) is 2. The van der Waals surface area contributed by atoms with Crippen molar-refractivity contribution < 1.29 is 4.79 Å². The van der Waals surface area contributed by atoms with E-state index in [9.17, 15) is 4.79 Å². The lowest BCUT2D eigenvalue weighted by Crippen LogP contribution is -2.56. The van der Waals surface area contributed by atoms with E-state index in [1.165, 1.54) is 0 Å². The Morgan fingerprint density at radius 3 is 2.50 bits per heavy atom. The second-order valence-corrected chi connectivity index (χ2v) is 3.77. The molecule has 1 fully saturated rings. The molecule has 1 aliphatic rings. The number of carbonyl (C=O) groups excluding carboxylic acids is 1. The zero-order valence-corrected chi connectivity index (χ0v) is 8.34. The molecule has 3 nitrogen and oxygen atoms in total. The van der Waals surface area contributed by atoms with Crippen molar-refractivity contribution in [2.45, 2.75) is 6.04 Å². The molecule has 2 rings (SSSR count). The lowest BCUT2D eigenvalue weighted by molar-refractivity contribution is 0.0924. The van der Waals surface area contributed by atoms with Crippen molar-refractivity contribution >= 4 is 17.5 Å². The maximum atomic E-state index is 11.6. The van der Waals surface area contributed by atoms with Gasteiger partial charge in [-0.25, -0.2) is 0 Å².